The van der Waals surface area contributed by atoms with Gasteiger partial charge in [0.1, 0.15) is 0 Å². The maximum absolute atomic E-state index is 13.1. The number of hydrogen-bond acceptors (Lipinski definition) is 4. The normalized spacial score (nSPS) is 21.8. The van der Waals surface area contributed by atoms with Gasteiger partial charge in [0.15, 0.2) is 9.84 Å². The van der Waals surface area contributed by atoms with Crippen LogP contribution in [0.3, 0.4) is 0 Å². The van der Waals surface area contributed by atoms with Gasteiger partial charge in [-0.05, 0) is 31.9 Å². The summed E-state index contributed by atoms with van der Waals surface area (Å²) in [4.78, 5) is 0.438. The Morgan fingerprint density at radius 2 is 1.92 bits per heavy atom. The van der Waals surface area contributed by atoms with E-state index in [-0.39, 0.29) is 11.3 Å². The topological polar surface area (TPSA) is 64.0 Å². The number of nitrogens with zero attached hydrogens (tertiary/aromatic N) is 2. The quantitative estimate of drug-likeness (QED) is 0.903. The Labute approximate surface area is 144 Å². The monoisotopic (exact) mass is 347 g/mol. The molecule has 1 aliphatic carbocycles. The van der Waals surface area contributed by atoms with Crippen molar-refractivity contribution < 1.29 is 8.42 Å². The molecule has 1 saturated carbocycles. The summed E-state index contributed by atoms with van der Waals surface area (Å²) in [6.45, 7) is 2.62. The van der Waals surface area contributed by atoms with E-state index in [4.69, 9.17) is 0 Å². The van der Waals surface area contributed by atoms with Crippen molar-refractivity contribution in [2.45, 2.75) is 55.3 Å². The smallest absolute Gasteiger partial charge is 0.182 e. The van der Waals surface area contributed by atoms with Crippen LogP contribution in [0.2, 0.25) is 0 Å². The van der Waals surface area contributed by atoms with Gasteiger partial charge in [-0.3, -0.25) is 4.68 Å². The highest BCUT2D eigenvalue weighted by atomic mass is 32.2. The van der Waals surface area contributed by atoms with Crippen molar-refractivity contribution >= 4 is 9.84 Å². The first kappa shape index (κ1) is 17.2. The molecule has 130 valence electrons. The number of nitrogens with one attached hydrogen (secondary N) is 1. The number of hydrogen-bond donors (Lipinski definition) is 1. The maximum atomic E-state index is 13.1. The molecule has 1 aromatic carbocycles. The lowest BCUT2D eigenvalue weighted by Gasteiger charge is -2.32. The van der Waals surface area contributed by atoms with Crippen LogP contribution in [0.4, 0.5) is 0 Å². The number of aryl methyl sites for hydroxylation is 2. The molecular formula is C18H25N3O2S. The van der Waals surface area contributed by atoms with Crippen LogP contribution in [0.15, 0.2) is 41.6 Å². The highest BCUT2D eigenvalue weighted by Gasteiger charge is 2.36. The third kappa shape index (κ3) is 3.70. The zero-order valence-corrected chi connectivity index (χ0v) is 15.1. The fourth-order valence-corrected chi connectivity index (χ4v) is 5.42. The van der Waals surface area contributed by atoms with Crippen LogP contribution < -0.4 is 5.32 Å². The Bertz CT molecular complexity index is 781. The summed E-state index contributed by atoms with van der Waals surface area (Å²) in [5.74, 6) is 0. The van der Waals surface area contributed by atoms with Gasteiger partial charge in [-0.2, -0.15) is 5.10 Å². The molecule has 0 spiro atoms. The number of rotatable bonds is 5. The second kappa shape index (κ2) is 7.07. The second-order valence-corrected chi connectivity index (χ2v) is 8.86. The van der Waals surface area contributed by atoms with Gasteiger partial charge in [0, 0.05) is 31.4 Å². The van der Waals surface area contributed by atoms with Crippen LogP contribution in [-0.4, -0.2) is 29.5 Å². The summed E-state index contributed by atoms with van der Waals surface area (Å²) in [5.41, 5.74) is 2.15. The van der Waals surface area contributed by atoms with Crippen LogP contribution in [-0.2, 0) is 23.4 Å². The van der Waals surface area contributed by atoms with E-state index in [1.54, 1.807) is 16.8 Å². The fraction of sp³-hybridized carbons (Fsp3) is 0.500. The molecule has 0 unspecified atom stereocenters. The first-order valence-electron chi connectivity index (χ1n) is 8.48. The fourth-order valence-electron chi connectivity index (χ4n) is 3.42. The number of benzene rings is 1. The van der Waals surface area contributed by atoms with E-state index in [9.17, 15) is 8.42 Å². The third-order valence-electron chi connectivity index (χ3n) is 4.78. The van der Waals surface area contributed by atoms with Crippen LogP contribution >= 0.6 is 0 Å². The highest BCUT2D eigenvalue weighted by molar-refractivity contribution is 7.92. The lowest BCUT2D eigenvalue weighted by Crippen LogP contribution is -2.46. The SMILES string of the molecule is Cc1ccc(S(=O)(=O)[C@@H]2CCCC[C@@H]2NCc2cnn(C)c2)cc1. The first-order valence-corrected chi connectivity index (χ1v) is 10.0. The van der Waals surface area contributed by atoms with Gasteiger partial charge >= 0.3 is 0 Å². The van der Waals surface area contributed by atoms with E-state index in [1.165, 1.54) is 0 Å². The molecule has 1 heterocycles. The minimum Gasteiger partial charge on any atom is -0.309 e. The van der Waals surface area contributed by atoms with Crippen molar-refractivity contribution in [2.75, 3.05) is 0 Å². The predicted octanol–water partition coefficient (Wildman–Crippen LogP) is 2.60. The standard InChI is InChI=1S/C18H25N3O2S/c1-14-7-9-16(10-8-14)24(22,23)18-6-4-3-5-17(18)19-11-15-12-20-21(2)13-15/h7-10,12-13,17-19H,3-6,11H2,1-2H3/t17-,18+/m0/s1. The molecule has 24 heavy (non-hydrogen) atoms. The molecule has 5 nitrogen and oxygen atoms in total. The molecule has 3 rings (SSSR count). The lowest BCUT2D eigenvalue weighted by molar-refractivity contribution is 0.369. The largest absolute Gasteiger partial charge is 0.309 e. The van der Waals surface area contributed by atoms with E-state index >= 15 is 0 Å². The number of aromatic nitrogens is 2. The van der Waals surface area contributed by atoms with E-state index in [1.807, 2.05) is 38.5 Å². The molecule has 1 N–H and O–H groups in total. The molecule has 2 aromatic rings. The van der Waals surface area contributed by atoms with Crippen molar-refractivity contribution in [3.8, 4) is 0 Å². The molecule has 0 aliphatic heterocycles. The van der Waals surface area contributed by atoms with Crippen molar-refractivity contribution in [3.05, 3.63) is 47.8 Å². The zero-order chi connectivity index (χ0) is 17.2. The molecule has 2 atom stereocenters. The molecule has 0 saturated heterocycles. The Kier molecular flexibility index (Phi) is 5.06. The van der Waals surface area contributed by atoms with Crippen molar-refractivity contribution in [3.63, 3.8) is 0 Å². The number of sulfone groups is 1. The van der Waals surface area contributed by atoms with E-state index in [0.717, 1.165) is 36.8 Å². The van der Waals surface area contributed by atoms with Gasteiger partial charge in [-0.1, -0.05) is 30.5 Å². The zero-order valence-electron chi connectivity index (χ0n) is 14.3. The Balaban J connectivity index is 1.76. The summed E-state index contributed by atoms with van der Waals surface area (Å²) in [6.07, 6.45) is 7.45. The van der Waals surface area contributed by atoms with Crippen LogP contribution in [0.5, 0.6) is 0 Å². The summed E-state index contributed by atoms with van der Waals surface area (Å²) < 4.78 is 27.9. The van der Waals surface area contributed by atoms with Gasteiger partial charge < -0.3 is 5.32 Å². The van der Waals surface area contributed by atoms with Crippen molar-refractivity contribution in [1.29, 1.82) is 0 Å². The van der Waals surface area contributed by atoms with Crippen molar-refractivity contribution in [2.24, 2.45) is 7.05 Å². The van der Waals surface area contributed by atoms with Gasteiger partial charge in [-0.25, -0.2) is 8.42 Å². The summed E-state index contributed by atoms with van der Waals surface area (Å²) in [6, 6.07) is 7.20. The Hall–Kier alpha value is -1.66. The van der Waals surface area contributed by atoms with Gasteiger partial charge in [0.05, 0.1) is 16.3 Å². The molecule has 1 aromatic heterocycles. The molecule has 0 bridgehead atoms. The Morgan fingerprint density at radius 1 is 1.21 bits per heavy atom. The van der Waals surface area contributed by atoms with Crippen molar-refractivity contribution in [1.82, 2.24) is 15.1 Å². The molecule has 6 heteroatoms. The minimum atomic E-state index is -3.31. The van der Waals surface area contributed by atoms with Crippen LogP contribution in [0.1, 0.15) is 36.8 Å². The summed E-state index contributed by atoms with van der Waals surface area (Å²) in [7, 11) is -1.43. The molecule has 1 aliphatic rings. The third-order valence-corrected chi connectivity index (χ3v) is 7.07. The average Bonchev–Trinajstić information content (AvgIpc) is 2.99. The average molecular weight is 347 g/mol. The van der Waals surface area contributed by atoms with E-state index < -0.39 is 9.84 Å². The van der Waals surface area contributed by atoms with Gasteiger partial charge in [0.2, 0.25) is 0 Å². The predicted molar refractivity (Wildman–Crippen MR) is 94.5 cm³/mol. The van der Waals surface area contributed by atoms with Crippen LogP contribution in [0, 0.1) is 6.92 Å². The first-order chi connectivity index (χ1) is 11.5. The second-order valence-electron chi connectivity index (χ2n) is 6.69. The van der Waals surface area contributed by atoms with E-state index in [0.29, 0.717) is 11.4 Å². The minimum absolute atomic E-state index is 0.00902. The van der Waals surface area contributed by atoms with Gasteiger partial charge in [0.25, 0.3) is 0 Å². The lowest BCUT2D eigenvalue weighted by atomic mass is 9.95. The van der Waals surface area contributed by atoms with E-state index in [2.05, 4.69) is 10.4 Å². The van der Waals surface area contributed by atoms with Gasteiger partial charge in [-0.15, -0.1) is 0 Å². The molecular weight excluding hydrogens is 322 g/mol. The Morgan fingerprint density at radius 3 is 2.58 bits per heavy atom. The summed E-state index contributed by atoms with van der Waals surface area (Å²) in [5, 5.41) is 7.26. The van der Waals surface area contributed by atoms with Crippen LogP contribution in [0.25, 0.3) is 0 Å². The molecule has 0 radical (unpaired) electrons. The summed E-state index contributed by atoms with van der Waals surface area (Å²) >= 11 is 0. The highest BCUT2D eigenvalue weighted by Crippen LogP contribution is 2.29. The molecule has 0 amide bonds. The molecule has 1 fully saturated rings. The maximum Gasteiger partial charge on any atom is 0.182 e.